The maximum Gasteiger partial charge on any atom is 0.249 e. The summed E-state index contributed by atoms with van der Waals surface area (Å²) in [5.41, 5.74) is -0.557. The Labute approximate surface area is 131 Å². The predicted molar refractivity (Wildman–Crippen MR) is 83.9 cm³/mol. The number of ether oxygens (including phenoxy) is 2. The van der Waals surface area contributed by atoms with E-state index in [2.05, 4.69) is 10.6 Å². The van der Waals surface area contributed by atoms with Gasteiger partial charge in [0.05, 0.1) is 14.2 Å². The first-order valence-electron chi connectivity index (χ1n) is 7.13. The van der Waals surface area contributed by atoms with Crippen LogP contribution in [0.15, 0.2) is 22.9 Å². The highest BCUT2D eigenvalue weighted by Gasteiger charge is 2.39. The Balaban J connectivity index is 3.39. The van der Waals surface area contributed by atoms with E-state index in [1.54, 1.807) is 0 Å². The normalized spacial score (nSPS) is 16.9. The van der Waals surface area contributed by atoms with Gasteiger partial charge in [0.25, 0.3) is 0 Å². The van der Waals surface area contributed by atoms with Crippen molar-refractivity contribution in [3.63, 3.8) is 0 Å². The molecule has 1 rings (SSSR count). The van der Waals surface area contributed by atoms with E-state index < -0.39 is 22.6 Å². The average molecular weight is 310 g/mol. The summed E-state index contributed by atoms with van der Waals surface area (Å²) in [6.45, 7) is 11.4. The van der Waals surface area contributed by atoms with Crippen molar-refractivity contribution in [3.8, 4) is 0 Å². The molecule has 0 aliphatic heterocycles. The summed E-state index contributed by atoms with van der Waals surface area (Å²) >= 11 is 0. The van der Waals surface area contributed by atoms with E-state index in [0.717, 1.165) is 0 Å². The maximum atomic E-state index is 12.7. The number of methoxy groups -OCH3 is 2. The SMILES string of the molecule is COC1=C(NC(C)(C)C)C(=O)C(OC)=C(NC(C)(C)C)C1=O. The number of ketones is 2. The molecule has 6 nitrogen and oxygen atoms in total. The zero-order valence-corrected chi connectivity index (χ0v) is 14.6. The lowest BCUT2D eigenvalue weighted by atomic mass is 9.97. The molecule has 0 saturated heterocycles. The molecule has 0 aromatic rings. The average Bonchev–Trinajstić information content (AvgIpc) is 2.33. The van der Waals surface area contributed by atoms with E-state index in [1.807, 2.05) is 41.5 Å². The quantitative estimate of drug-likeness (QED) is 0.769. The molecule has 0 amide bonds. The first kappa shape index (κ1) is 18.1. The molecule has 22 heavy (non-hydrogen) atoms. The summed E-state index contributed by atoms with van der Waals surface area (Å²) in [6, 6.07) is 0. The van der Waals surface area contributed by atoms with Crippen LogP contribution in [-0.2, 0) is 19.1 Å². The van der Waals surface area contributed by atoms with Gasteiger partial charge in [0.2, 0.25) is 11.6 Å². The van der Waals surface area contributed by atoms with Gasteiger partial charge in [-0.3, -0.25) is 9.59 Å². The van der Waals surface area contributed by atoms with Crippen molar-refractivity contribution in [1.82, 2.24) is 10.6 Å². The second-order valence-corrected chi connectivity index (χ2v) is 7.22. The van der Waals surface area contributed by atoms with E-state index in [4.69, 9.17) is 9.47 Å². The van der Waals surface area contributed by atoms with Gasteiger partial charge in [0.15, 0.2) is 11.5 Å². The van der Waals surface area contributed by atoms with E-state index in [-0.39, 0.29) is 22.9 Å². The molecule has 0 unspecified atom stereocenters. The van der Waals surface area contributed by atoms with Crippen molar-refractivity contribution in [2.45, 2.75) is 52.6 Å². The summed E-state index contributed by atoms with van der Waals surface area (Å²) in [6.07, 6.45) is 0. The van der Waals surface area contributed by atoms with Gasteiger partial charge in [0.1, 0.15) is 11.4 Å². The van der Waals surface area contributed by atoms with Crippen LogP contribution in [-0.4, -0.2) is 36.9 Å². The zero-order valence-electron chi connectivity index (χ0n) is 14.6. The van der Waals surface area contributed by atoms with Crippen LogP contribution in [0.25, 0.3) is 0 Å². The monoisotopic (exact) mass is 310 g/mol. The number of carbonyl (C=O) groups excluding carboxylic acids is 2. The third-order valence-electron chi connectivity index (χ3n) is 2.73. The van der Waals surface area contributed by atoms with Crippen LogP contribution >= 0.6 is 0 Å². The Morgan fingerprint density at radius 1 is 0.682 bits per heavy atom. The molecule has 1 aliphatic rings. The molecular weight excluding hydrogens is 284 g/mol. The lowest BCUT2D eigenvalue weighted by molar-refractivity contribution is -0.121. The molecule has 6 heteroatoms. The van der Waals surface area contributed by atoms with Crippen molar-refractivity contribution in [1.29, 1.82) is 0 Å². The van der Waals surface area contributed by atoms with Crippen molar-refractivity contribution in [2.24, 2.45) is 0 Å². The molecule has 2 N–H and O–H groups in total. The van der Waals surface area contributed by atoms with E-state index >= 15 is 0 Å². The highest BCUT2D eigenvalue weighted by atomic mass is 16.5. The fraction of sp³-hybridized carbons (Fsp3) is 0.625. The van der Waals surface area contributed by atoms with Crippen LogP contribution in [0.2, 0.25) is 0 Å². The van der Waals surface area contributed by atoms with Gasteiger partial charge in [-0.1, -0.05) is 0 Å². The molecule has 0 radical (unpaired) electrons. The fourth-order valence-electron chi connectivity index (χ4n) is 2.03. The second-order valence-electron chi connectivity index (χ2n) is 7.22. The van der Waals surface area contributed by atoms with Crippen LogP contribution in [0.1, 0.15) is 41.5 Å². The molecule has 124 valence electrons. The summed E-state index contributed by atoms with van der Waals surface area (Å²) in [5.74, 6) is -0.818. The molecule has 0 saturated carbocycles. The van der Waals surface area contributed by atoms with Gasteiger partial charge < -0.3 is 20.1 Å². The zero-order chi connectivity index (χ0) is 17.3. The molecule has 0 aromatic heterocycles. The van der Waals surface area contributed by atoms with Crippen LogP contribution < -0.4 is 10.6 Å². The molecule has 0 atom stereocenters. The fourth-order valence-corrected chi connectivity index (χ4v) is 2.03. The topological polar surface area (TPSA) is 76.7 Å². The van der Waals surface area contributed by atoms with Gasteiger partial charge in [0, 0.05) is 11.1 Å². The van der Waals surface area contributed by atoms with Crippen molar-refractivity contribution in [2.75, 3.05) is 14.2 Å². The minimum Gasteiger partial charge on any atom is -0.491 e. The minimum atomic E-state index is -0.402. The van der Waals surface area contributed by atoms with Crippen LogP contribution in [0, 0.1) is 0 Å². The smallest absolute Gasteiger partial charge is 0.249 e. The number of rotatable bonds is 4. The Morgan fingerprint density at radius 3 is 1.14 bits per heavy atom. The van der Waals surface area contributed by atoms with Gasteiger partial charge in [-0.15, -0.1) is 0 Å². The summed E-state index contributed by atoms with van der Waals surface area (Å²) in [5, 5.41) is 6.06. The number of carbonyl (C=O) groups is 2. The van der Waals surface area contributed by atoms with Crippen molar-refractivity contribution >= 4 is 11.6 Å². The van der Waals surface area contributed by atoms with Gasteiger partial charge >= 0.3 is 0 Å². The Bertz CT molecular complexity index is 495. The summed E-state index contributed by atoms with van der Waals surface area (Å²) in [7, 11) is 2.74. The predicted octanol–water partition coefficient (Wildman–Crippen LogP) is 1.63. The Kier molecular flexibility index (Phi) is 4.95. The number of hydrogen-bond acceptors (Lipinski definition) is 6. The van der Waals surface area contributed by atoms with Crippen LogP contribution in [0.3, 0.4) is 0 Å². The number of nitrogens with one attached hydrogen (secondary N) is 2. The maximum absolute atomic E-state index is 12.7. The molecule has 0 aromatic carbocycles. The Morgan fingerprint density at radius 2 is 0.955 bits per heavy atom. The summed E-state index contributed by atoms with van der Waals surface area (Å²) < 4.78 is 10.4. The van der Waals surface area contributed by atoms with Gasteiger partial charge in [-0.05, 0) is 41.5 Å². The van der Waals surface area contributed by atoms with E-state index in [9.17, 15) is 9.59 Å². The second kappa shape index (κ2) is 6.02. The molecular formula is C16H26N2O4. The Hall–Kier alpha value is -1.98. The molecule has 1 aliphatic carbocycles. The van der Waals surface area contributed by atoms with Crippen LogP contribution in [0.4, 0.5) is 0 Å². The van der Waals surface area contributed by atoms with E-state index in [0.29, 0.717) is 0 Å². The molecule has 0 fully saturated rings. The van der Waals surface area contributed by atoms with Crippen LogP contribution in [0.5, 0.6) is 0 Å². The third kappa shape index (κ3) is 4.02. The third-order valence-corrected chi connectivity index (χ3v) is 2.73. The number of Topliss-reactive ketones (excluding diaryl/α,β-unsaturated/α-hetero) is 2. The molecule has 0 heterocycles. The van der Waals surface area contributed by atoms with Crippen molar-refractivity contribution < 1.29 is 19.1 Å². The minimum absolute atomic E-state index is 0.00697. The molecule has 0 bridgehead atoms. The highest BCUT2D eigenvalue weighted by Crippen LogP contribution is 2.26. The lowest BCUT2D eigenvalue weighted by Gasteiger charge is -2.31. The van der Waals surface area contributed by atoms with Crippen molar-refractivity contribution in [3.05, 3.63) is 22.9 Å². The summed E-state index contributed by atoms with van der Waals surface area (Å²) in [4.78, 5) is 25.3. The largest absolute Gasteiger partial charge is 0.491 e. The van der Waals surface area contributed by atoms with E-state index in [1.165, 1.54) is 14.2 Å². The first-order valence-corrected chi connectivity index (χ1v) is 7.13. The lowest BCUT2D eigenvalue weighted by Crippen LogP contribution is -2.46. The highest BCUT2D eigenvalue weighted by molar-refractivity contribution is 6.23. The number of hydrogen-bond donors (Lipinski definition) is 2. The first-order chi connectivity index (χ1) is 9.91. The standard InChI is InChI=1S/C16H26N2O4/c1-15(2,3)17-9-11(19)14(22-8)10(18-16(4,5)6)12(20)13(9)21-7/h17-18H,1-8H3. The molecule has 0 spiro atoms. The van der Waals surface area contributed by atoms with Gasteiger partial charge in [-0.25, -0.2) is 0 Å². The van der Waals surface area contributed by atoms with Gasteiger partial charge in [-0.2, -0.15) is 0 Å².